The molecular weight excluding hydrogens is 320 g/mol. The van der Waals surface area contributed by atoms with E-state index in [9.17, 15) is 4.79 Å². The van der Waals surface area contributed by atoms with Gasteiger partial charge in [-0.1, -0.05) is 11.6 Å². The van der Waals surface area contributed by atoms with Gasteiger partial charge >= 0.3 is 0 Å². The Morgan fingerprint density at radius 2 is 2.00 bits per heavy atom. The maximum Gasteiger partial charge on any atom is 0.277 e. The third-order valence-electron chi connectivity index (χ3n) is 3.05. The lowest BCUT2D eigenvalue weighted by Crippen LogP contribution is -2.24. The van der Waals surface area contributed by atoms with Gasteiger partial charge in [-0.3, -0.25) is 4.79 Å². The molecule has 2 rings (SSSR count). The lowest BCUT2D eigenvalue weighted by Gasteiger charge is -2.09. The molecule has 0 spiro atoms. The number of carbonyl (C=O) groups excluding carboxylic acids is 1. The minimum Gasteiger partial charge on any atom is -0.484 e. The highest BCUT2D eigenvalue weighted by Gasteiger charge is 2.06. The molecule has 6 heteroatoms. The van der Waals surface area contributed by atoms with Crippen LogP contribution in [-0.2, 0) is 4.79 Å². The molecule has 116 valence electrons. The van der Waals surface area contributed by atoms with Gasteiger partial charge in [-0.2, -0.15) is 5.10 Å². The van der Waals surface area contributed by atoms with Gasteiger partial charge in [0.05, 0.1) is 6.21 Å². The Morgan fingerprint density at radius 1 is 1.32 bits per heavy atom. The van der Waals surface area contributed by atoms with E-state index in [4.69, 9.17) is 16.3 Å². The molecule has 0 radical (unpaired) electrons. The first-order valence-electron chi connectivity index (χ1n) is 6.73. The Bertz CT molecular complexity index is 687. The Hall–Kier alpha value is -1.85. The first-order valence-corrected chi connectivity index (χ1v) is 7.98. The summed E-state index contributed by atoms with van der Waals surface area (Å²) in [4.78, 5) is 12.7. The zero-order valence-electron chi connectivity index (χ0n) is 12.6. The molecular formula is C16H17ClN2O2S. The number of hydrogen-bond donors (Lipinski definition) is 1. The van der Waals surface area contributed by atoms with Gasteiger partial charge in [0.25, 0.3) is 5.91 Å². The van der Waals surface area contributed by atoms with Gasteiger partial charge in [0, 0.05) is 9.90 Å². The van der Waals surface area contributed by atoms with Gasteiger partial charge in [0.15, 0.2) is 6.61 Å². The average molecular weight is 337 g/mol. The summed E-state index contributed by atoms with van der Waals surface area (Å²) in [6.07, 6.45) is 1.63. The second-order valence-corrected chi connectivity index (χ2v) is 6.25. The summed E-state index contributed by atoms with van der Waals surface area (Å²) in [6, 6.07) is 5.62. The van der Waals surface area contributed by atoms with E-state index < -0.39 is 0 Å². The summed E-state index contributed by atoms with van der Waals surface area (Å²) in [7, 11) is 0. The van der Waals surface area contributed by atoms with Gasteiger partial charge in [0.1, 0.15) is 5.75 Å². The van der Waals surface area contributed by atoms with Crippen LogP contribution in [0, 0.1) is 20.8 Å². The van der Waals surface area contributed by atoms with E-state index in [2.05, 4.69) is 10.5 Å². The van der Waals surface area contributed by atoms with E-state index in [0.29, 0.717) is 10.8 Å². The molecule has 0 saturated carbocycles. The van der Waals surface area contributed by atoms with Gasteiger partial charge in [-0.05, 0) is 61.0 Å². The van der Waals surface area contributed by atoms with Crippen LogP contribution in [0.25, 0.3) is 0 Å². The largest absolute Gasteiger partial charge is 0.484 e. The molecule has 0 unspecified atom stereocenters. The average Bonchev–Trinajstić information content (AvgIpc) is 2.88. The fraction of sp³-hybridized carbons (Fsp3) is 0.250. The minimum absolute atomic E-state index is 0.0960. The smallest absolute Gasteiger partial charge is 0.277 e. The van der Waals surface area contributed by atoms with E-state index in [1.165, 1.54) is 0 Å². The molecule has 22 heavy (non-hydrogen) atoms. The summed E-state index contributed by atoms with van der Waals surface area (Å²) in [5.74, 6) is 0.309. The van der Waals surface area contributed by atoms with Crippen LogP contribution in [0.5, 0.6) is 5.75 Å². The van der Waals surface area contributed by atoms with Crippen LogP contribution in [0.2, 0.25) is 5.02 Å². The van der Waals surface area contributed by atoms with Gasteiger partial charge in [-0.15, -0.1) is 11.3 Å². The molecule has 1 N–H and O–H groups in total. The van der Waals surface area contributed by atoms with Gasteiger partial charge in [0.2, 0.25) is 0 Å². The summed E-state index contributed by atoms with van der Waals surface area (Å²) in [6.45, 7) is 5.70. The number of carbonyl (C=O) groups is 1. The maximum atomic E-state index is 11.7. The van der Waals surface area contributed by atoms with E-state index in [-0.39, 0.29) is 12.5 Å². The number of halogens is 1. The lowest BCUT2D eigenvalue weighted by atomic mass is 10.1. The maximum absolute atomic E-state index is 11.7. The molecule has 1 amide bonds. The van der Waals surface area contributed by atoms with E-state index in [0.717, 1.165) is 21.6 Å². The molecule has 4 nitrogen and oxygen atoms in total. The van der Waals surface area contributed by atoms with Crippen molar-refractivity contribution >= 4 is 35.1 Å². The molecule has 1 aromatic carbocycles. The predicted octanol–water partition coefficient (Wildman–Crippen LogP) is 3.86. The first-order chi connectivity index (χ1) is 10.5. The van der Waals surface area contributed by atoms with Crippen molar-refractivity contribution in [3.8, 4) is 5.75 Å². The number of rotatable bonds is 5. The van der Waals surface area contributed by atoms with E-state index in [1.54, 1.807) is 29.7 Å². The van der Waals surface area contributed by atoms with Crippen LogP contribution in [0.3, 0.4) is 0 Å². The zero-order chi connectivity index (χ0) is 16.1. The van der Waals surface area contributed by atoms with E-state index in [1.807, 2.05) is 32.2 Å². The van der Waals surface area contributed by atoms with Crippen LogP contribution in [-0.4, -0.2) is 18.7 Å². The number of nitrogens with zero attached hydrogens (tertiary/aromatic N) is 1. The van der Waals surface area contributed by atoms with E-state index >= 15 is 0 Å². The highest BCUT2D eigenvalue weighted by atomic mass is 35.5. The summed E-state index contributed by atoms with van der Waals surface area (Å²) in [5, 5.41) is 6.62. The van der Waals surface area contributed by atoms with Crippen molar-refractivity contribution in [2.24, 2.45) is 5.10 Å². The third-order valence-corrected chi connectivity index (χ3v) is 4.60. The summed E-state index contributed by atoms with van der Waals surface area (Å²) >= 11 is 7.66. The van der Waals surface area contributed by atoms with Crippen LogP contribution in [0.1, 0.15) is 21.6 Å². The van der Waals surface area contributed by atoms with Crippen LogP contribution in [0.4, 0.5) is 0 Å². The number of nitrogens with one attached hydrogen (secondary N) is 1. The predicted molar refractivity (Wildman–Crippen MR) is 91.2 cm³/mol. The van der Waals surface area contributed by atoms with Gasteiger partial charge in [-0.25, -0.2) is 5.43 Å². The number of aryl methyl sites for hydroxylation is 3. The molecule has 0 bridgehead atoms. The van der Waals surface area contributed by atoms with Crippen molar-refractivity contribution in [3.05, 3.63) is 50.2 Å². The number of thiophene rings is 1. The third kappa shape index (κ3) is 4.32. The lowest BCUT2D eigenvalue weighted by molar-refractivity contribution is -0.123. The molecule has 0 aliphatic heterocycles. The molecule has 0 aliphatic rings. The Labute approximate surface area is 138 Å². The van der Waals surface area contributed by atoms with Crippen molar-refractivity contribution in [1.82, 2.24) is 5.43 Å². The fourth-order valence-electron chi connectivity index (χ4n) is 1.85. The second-order valence-electron chi connectivity index (χ2n) is 4.92. The summed E-state index contributed by atoms with van der Waals surface area (Å²) in [5.41, 5.74) is 5.42. The topological polar surface area (TPSA) is 50.7 Å². The minimum atomic E-state index is -0.310. The molecule has 0 fully saturated rings. The molecule has 0 atom stereocenters. The fourth-order valence-corrected chi connectivity index (χ4v) is 2.75. The van der Waals surface area contributed by atoms with Gasteiger partial charge < -0.3 is 4.74 Å². The number of benzene rings is 1. The van der Waals surface area contributed by atoms with Crippen LogP contribution in [0.15, 0.2) is 28.7 Å². The number of hydrogen-bond acceptors (Lipinski definition) is 4. The Kier molecular flexibility index (Phi) is 5.57. The molecule has 0 aliphatic carbocycles. The quantitative estimate of drug-likeness (QED) is 0.666. The van der Waals surface area contributed by atoms with Crippen molar-refractivity contribution < 1.29 is 9.53 Å². The summed E-state index contributed by atoms with van der Waals surface area (Å²) < 4.78 is 5.45. The SMILES string of the molecule is Cc1ccsc1/C=N\NC(=O)COc1cc(C)c(Cl)c(C)c1. The monoisotopic (exact) mass is 336 g/mol. The Balaban J connectivity index is 1.86. The molecule has 1 heterocycles. The van der Waals surface area contributed by atoms with Crippen molar-refractivity contribution in [2.75, 3.05) is 6.61 Å². The zero-order valence-corrected chi connectivity index (χ0v) is 14.2. The highest BCUT2D eigenvalue weighted by Crippen LogP contribution is 2.25. The first kappa shape index (κ1) is 16.5. The van der Waals surface area contributed by atoms with Crippen molar-refractivity contribution in [2.45, 2.75) is 20.8 Å². The normalized spacial score (nSPS) is 10.9. The number of hydrazone groups is 1. The van der Waals surface area contributed by atoms with Crippen molar-refractivity contribution in [3.63, 3.8) is 0 Å². The van der Waals surface area contributed by atoms with Crippen LogP contribution < -0.4 is 10.2 Å². The molecule has 2 aromatic rings. The van der Waals surface area contributed by atoms with Crippen molar-refractivity contribution in [1.29, 1.82) is 0 Å². The second kappa shape index (κ2) is 7.42. The molecule has 0 saturated heterocycles. The highest BCUT2D eigenvalue weighted by molar-refractivity contribution is 7.11. The molecule has 1 aromatic heterocycles. The number of ether oxygens (including phenoxy) is 1. The van der Waals surface area contributed by atoms with Crippen LogP contribution >= 0.6 is 22.9 Å². The Morgan fingerprint density at radius 3 is 2.59 bits per heavy atom. The number of amides is 1. The standard InChI is InChI=1S/C16H17ClN2O2S/c1-10-4-5-22-14(10)8-18-19-15(20)9-21-13-6-11(2)16(17)12(3)7-13/h4-8H,9H2,1-3H3,(H,19,20)/b18-8-.